The number of nitrogens with zero attached hydrogens (tertiary/aromatic N) is 3. The molecule has 0 aliphatic heterocycles. The van der Waals surface area contributed by atoms with Crippen LogP contribution in [0.4, 0.5) is 10.1 Å². The van der Waals surface area contributed by atoms with E-state index in [9.17, 15) is 19.3 Å². The number of hydrogen-bond donors (Lipinski definition) is 1. The molecule has 0 saturated heterocycles. The van der Waals surface area contributed by atoms with Crippen LogP contribution in [0.15, 0.2) is 48.5 Å². The van der Waals surface area contributed by atoms with Gasteiger partial charge in [-0.1, -0.05) is 24.3 Å². The molecule has 1 aromatic heterocycles. The van der Waals surface area contributed by atoms with E-state index in [1.54, 1.807) is 48.9 Å². The van der Waals surface area contributed by atoms with Crippen molar-refractivity contribution in [1.82, 2.24) is 15.1 Å². The van der Waals surface area contributed by atoms with E-state index in [0.29, 0.717) is 36.5 Å². The van der Waals surface area contributed by atoms with Crippen LogP contribution >= 0.6 is 0 Å². The van der Waals surface area contributed by atoms with Crippen molar-refractivity contribution >= 4 is 11.6 Å². The zero-order valence-corrected chi connectivity index (χ0v) is 16.2. The topological polar surface area (TPSA) is 90.1 Å². The first-order valence-corrected chi connectivity index (χ1v) is 9.15. The van der Waals surface area contributed by atoms with Gasteiger partial charge in [0, 0.05) is 12.1 Å². The van der Waals surface area contributed by atoms with E-state index in [1.165, 1.54) is 12.1 Å². The molecule has 0 aliphatic carbocycles. The number of hydrogen-bond acceptors (Lipinski definition) is 4. The lowest BCUT2D eigenvalue weighted by molar-refractivity contribution is -0.386. The zero-order chi connectivity index (χ0) is 21.0. The molecule has 0 fully saturated rings. The van der Waals surface area contributed by atoms with E-state index in [-0.39, 0.29) is 17.4 Å². The van der Waals surface area contributed by atoms with Crippen LogP contribution in [0, 0.1) is 29.8 Å². The van der Waals surface area contributed by atoms with Gasteiger partial charge in [-0.15, -0.1) is 0 Å². The Morgan fingerprint density at radius 2 is 1.90 bits per heavy atom. The third-order valence-corrected chi connectivity index (χ3v) is 4.66. The average molecular weight is 396 g/mol. The van der Waals surface area contributed by atoms with Crippen molar-refractivity contribution in [2.45, 2.75) is 26.8 Å². The second kappa shape index (κ2) is 8.64. The third kappa shape index (κ3) is 4.84. The summed E-state index contributed by atoms with van der Waals surface area (Å²) in [5, 5.41) is 18.2. The highest BCUT2D eigenvalue weighted by Crippen LogP contribution is 2.22. The third-order valence-electron chi connectivity index (χ3n) is 4.66. The first-order chi connectivity index (χ1) is 13.8. The summed E-state index contributed by atoms with van der Waals surface area (Å²) in [7, 11) is 0. The van der Waals surface area contributed by atoms with E-state index in [4.69, 9.17) is 0 Å². The summed E-state index contributed by atoms with van der Waals surface area (Å²) in [5.41, 5.74) is 3.10. The van der Waals surface area contributed by atoms with Gasteiger partial charge in [0.1, 0.15) is 17.2 Å². The Morgan fingerprint density at radius 1 is 1.17 bits per heavy atom. The highest BCUT2D eigenvalue weighted by molar-refractivity contribution is 5.94. The van der Waals surface area contributed by atoms with Crippen molar-refractivity contribution in [3.8, 4) is 0 Å². The molecule has 0 saturated carbocycles. The van der Waals surface area contributed by atoms with Crippen LogP contribution in [0.2, 0.25) is 0 Å². The molecule has 29 heavy (non-hydrogen) atoms. The molecule has 8 heteroatoms. The Balaban J connectivity index is 1.59. The van der Waals surface area contributed by atoms with Gasteiger partial charge in [-0.05, 0) is 55.7 Å². The van der Waals surface area contributed by atoms with Crippen LogP contribution in [0.5, 0.6) is 0 Å². The van der Waals surface area contributed by atoms with Crippen molar-refractivity contribution in [2.75, 3.05) is 6.54 Å². The lowest BCUT2D eigenvalue weighted by Crippen LogP contribution is -2.25. The van der Waals surface area contributed by atoms with Gasteiger partial charge >= 0.3 is 5.69 Å². The smallest absolute Gasteiger partial charge is 0.312 e. The molecule has 1 amide bonds. The van der Waals surface area contributed by atoms with E-state index < -0.39 is 4.92 Å². The normalized spacial score (nSPS) is 10.7. The summed E-state index contributed by atoms with van der Waals surface area (Å²) < 4.78 is 14.8. The summed E-state index contributed by atoms with van der Waals surface area (Å²) >= 11 is 0. The Morgan fingerprint density at radius 3 is 2.52 bits per heavy atom. The number of benzene rings is 2. The van der Waals surface area contributed by atoms with Crippen LogP contribution < -0.4 is 5.32 Å². The van der Waals surface area contributed by atoms with E-state index >= 15 is 0 Å². The quantitative estimate of drug-likeness (QED) is 0.488. The van der Waals surface area contributed by atoms with Crippen molar-refractivity contribution in [1.29, 1.82) is 0 Å². The molecule has 0 radical (unpaired) electrons. The first-order valence-electron chi connectivity index (χ1n) is 9.15. The number of aromatic nitrogens is 2. The number of amides is 1. The highest BCUT2D eigenvalue weighted by atomic mass is 19.1. The van der Waals surface area contributed by atoms with Crippen molar-refractivity contribution in [3.05, 3.63) is 92.5 Å². The van der Waals surface area contributed by atoms with Gasteiger partial charge in [-0.25, -0.2) is 4.39 Å². The monoisotopic (exact) mass is 396 g/mol. The molecule has 1 N–H and O–H groups in total. The molecule has 0 aliphatic rings. The zero-order valence-electron chi connectivity index (χ0n) is 16.2. The summed E-state index contributed by atoms with van der Waals surface area (Å²) in [6, 6.07) is 13.3. The molecule has 0 unspecified atom stereocenters. The van der Waals surface area contributed by atoms with Crippen molar-refractivity contribution in [2.24, 2.45) is 0 Å². The Bertz CT molecular complexity index is 1040. The van der Waals surface area contributed by atoms with Crippen LogP contribution in [0.25, 0.3) is 0 Å². The van der Waals surface area contributed by atoms with Gasteiger partial charge < -0.3 is 5.32 Å². The molecule has 0 spiro atoms. The SMILES string of the molecule is Cc1nn(Cc2ccc(C(=O)NCCc3cccc(F)c3)cc2)c(C)c1[N+](=O)[O-]. The molecule has 1 heterocycles. The molecule has 2 aromatic carbocycles. The Kier molecular flexibility index (Phi) is 6.01. The average Bonchev–Trinajstić information content (AvgIpc) is 2.95. The second-order valence-corrected chi connectivity index (χ2v) is 6.77. The number of carbonyl (C=O) groups is 1. The van der Waals surface area contributed by atoms with Crippen LogP contribution in [-0.2, 0) is 13.0 Å². The number of nitrogens with one attached hydrogen (secondary N) is 1. The highest BCUT2D eigenvalue weighted by Gasteiger charge is 2.21. The lowest BCUT2D eigenvalue weighted by Gasteiger charge is -2.08. The van der Waals surface area contributed by atoms with Crippen LogP contribution in [0.1, 0.15) is 32.9 Å². The largest absolute Gasteiger partial charge is 0.352 e. The minimum absolute atomic E-state index is 0.0271. The predicted octanol–water partition coefficient (Wildman–Crippen LogP) is 3.57. The lowest BCUT2D eigenvalue weighted by atomic mass is 10.1. The maximum Gasteiger partial charge on any atom is 0.312 e. The standard InChI is InChI=1S/C21H21FN4O3/c1-14-20(26(28)29)15(2)25(24-14)13-17-6-8-18(9-7-17)21(27)23-11-10-16-4-3-5-19(22)12-16/h3-9,12H,10-11,13H2,1-2H3,(H,23,27). The van der Waals surface area contributed by atoms with Gasteiger partial charge in [-0.2, -0.15) is 5.10 Å². The van der Waals surface area contributed by atoms with E-state index in [1.807, 2.05) is 6.07 Å². The number of aryl methyl sites for hydroxylation is 1. The minimum Gasteiger partial charge on any atom is -0.352 e. The minimum atomic E-state index is -0.425. The number of rotatable bonds is 7. The Hall–Kier alpha value is -3.55. The molecular formula is C21H21FN4O3. The molecule has 3 rings (SSSR count). The summed E-state index contributed by atoms with van der Waals surface area (Å²) in [6.07, 6.45) is 0.540. The fourth-order valence-electron chi connectivity index (χ4n) is 3.16. The second-order valence-electron chi connectivity index (χ2n) is 6.77. The molecule has 7 nitrogen and oxygen atoms in total. The first kappa shape index (κ1) is 20.2. The molecule has 150 valence electrons. The van der Waals surface area contributed by atoms with Crippen molar-refractivity contribution in [3.63, 3.8) is 0 Å². The van der Waals surface area contributed by atoms with Gasteiger partial charge in [0.05, 0.1) is 11.5 Å². The molecule has 3 aromatic rings. The van der Waals surface area contributed by atoms with Crippen LogP contribution in [0.3, 0.4) is 0 Å². The van der Waals surface area contributed by atoms with Gasteiger partial charge in [0.2, 0.25) is 0 Å². The number of halogens is 1. The van der Waals surface area contributed by atoms with Crippen molar-refractivity contribution < 1.29 is 14.1 Å². The predicted molar refractivity (Wildman–Crippen MR) is 106 cm³/mol. The Labute approximate surface area is 167 Å². The fraction of sp³-hybridized carbons (Fsp3) is 0.238. The van der Waals surface area contributed by atoms with Gasteiger partial charge in [0.15, 0.2) is 0 Å². The molecule has 0 bridgehead atoms. The maximum atomic E-state index is 13.2. The maximum absolute atomic E-state index is 13.2. The molecular weight excluding hydrogens is 375 g/mol. The summed E-state index contributed by atoms with van der Waals surface area (Å²) in [4.78, 5) is 23.0. The van der Waals surface area contributed by atoms with E-state index in [2.05, 4.69) is 10.4 Å². The van der Waals surface area contributed by atoms with Gasteiger partial charge in [-0.3, -0.25) is 19.6 Å². The van der Waals surface area contributed by atoms with Gasteiger partial charge in [0.25, 0.3) is 5.91 Å². The summed E-state index contributed by atoms with van der Waals surface area (Å²) in [6.45, 7) is 4.05. The van der Waals surface area contributed by atoms with E-state index in [0.717, 1.165) is 11.1 Å². The summed E-state index contributed by atoms with van der Waals surface area (Å²) in [5.74, 6) is -0.507. The molecule has 0 atom stereocenters. The fourth-order valence-corrected chi connectivity index (χ4v) is 3.16. The van der Waals surface area contributed by atoms with Crippen LogP contribution in [-0.4, -0.2) is 27.2 Å². The number of nitro groups is 1. The number of carbonyl (C=O) groups excluding carboxylic acids is 1.